The molecule has 1 amide bonds. The van der Waals surface area contributed by atoms with E-state index in [2.05, 4.69) is 5.32 Å². The van der Waals surface area contributed by atoms with Gasteiger partial charge in [-0.1, -0.05) is 25.1 Å². The predicted octanol–water partition coefficient (Wildman–Crippen LogP) is 3.24. The number of amides is 1. The number of aliphatic hydroxyl groups is 1. The van der Waals surface area contributed by atoms with Crippen molar-refractivity contribution >= 4 is 17.2 Å². The first-order chi connectivity index (χ1) is 10.9. The van der Waals surface area contributed by atoms with E-state index in [4.69, 9.17) is 4.74 Å². The third-order valence-corrected chi connectivity index (χ3v) is 4.46. The third-order valence-electron chi connectivity index (χ3n) is 3.78. The molecular weight excluding hydrogens is 310 g/mol. The Hall–Kier alpha value is -1.85. The van der Waals surface area contributed by atoms with Crippen LogP contribution in [0, 0.1) is 6.92 Å². The lowest BCUT2D eigenvalue weighted by Gasteiger charge is -2.25. The average molecular weight is 333 g/mol. The molecule has 0 spiro atoms. The Bertz CT molecular complexity index is 637. The van der Waals surface area contributed by atoms with Crippen LogP contribution in [0.4, 0.5) is 0 Å². The van der Waals surface area contributed by atoms with Crippen molar-refractivity contribution in [1.82, 2.24) is 5.32 Å². The van der Waals surface area contributed by atoms with Gasteiger partial charge in [0.05, 0.1) is 6.54 Å². The molecule has 2 unspecified atom stereocenters. The number of aryl methyl sites for hydroxylation is 1. The Balaban J connectivity index is 1.97. The van der Waals surface area contributed by atoms with Crippen molar-refractivity contribution in [2.45, 2.75) is 38.9 Å². The molecule has 4 nitrogen and oxygen atoms in total. The maximum Gasteiger partial charge on any atom is 0.261 e. The molecule has 1 heterocycles. The van der Waals surface area contributed by atoms with Gasteiger partial charge in [0.25, 0.3) is 5.91 Å². The van der Waals surface area contributed by atoms with E-state index in [1.807, 2.05) is 54.9 Å². The minimum Gasteiger partial charge on any atom is -0.480 e. The van der Waals surface area contributed by atoms with Gasteiger partial charge in [0.15, 0.2) is 6.10 Å². The molecule has 1 aromatic carbocycles. The number of carbonyl (C=O) groups is 1. The molecule has 23 heavy (non-hydrogen) atoms. The highest BCUT2D eigenvalue weighted by molar-refractivity contribution is 7.08. The van der Waals surface area contributed by atoms with Crippen molar-refractivity contribution < 1.29 is 14.6 Å². The first-order valence-corrected chi connectivity index (χ1v) is 8.63. The van der Waals surface area contributed by atoms with Gasteiger partial charge < -0.3 is 15.2 Å². The van der Waals surface area contributed by atoms with E-state index in [-0.39, 0.29) is 12.5 Å². The second-order valence-corrected chi connectivity index (χ2v) is 6.56. The lowest BCUT2D eigenvalue weighted by atomic mass is 9.99. The summed E-state index contributed by atoms with van der Waals surface area (Å²) in [4.78, 5) is 12.4. The van der Waals surface area contributed by atoms with E-state index in [0.717, 1.165) is 11.1 Å². The summed E-state index contributed by atoms with van der Waals surface area (Å²) in [5.74, 6) is 0.491. The number of nitrogens with one attached hydrogen (secondary N) is 1. The van der Waals surface area contributed by atoms with Gasteiger partial charge >= 0.3 is 0 Å². The average Bonchev–Trinajstić information content (AvgIpc) is 3.07. The van der Waals surface area contributed by atoms with Crippen LogP contribution in [0.5, 0.6) is 5.75 Å². The normalized spacial score (nSPS) is 14.8. The van der Waals surface area contributed by atoms with Crippen LogP contribution in [0.15, 0.2) is 41.1 Å². The van der Waals surface area contributed by atoms with Gasteiger partial charge in [0, 0.05) is 0 Å². The van der Waals surface area contributed by atoms with Crippen molar-refractivity contribution in [3.05, 3.63) is 52.2 Å². The third kappa shape index (κ3) is 4.56. The molecule has 2 atom stereocenters. The molecule has 0 saturated heterocycles. The minimum atomic E-state index is -1.09. The highest BCUT2D eigenvalue weighted by atomic mass is 32.1. The summed E-state index contributed by atoms with van der Waals surface area (Å²) < 4.78 is 5.82. The summed E-state index contributed by atoms with van der Waals surface area (Å²) in [5, 5.41) is 17.0. The van der Waals surface area contributed by atoms with Gasteiger partial charge in [-0.05, 0) is 54.3 Å². The van der Waals surface area contributed by atoms with Gasteiger partial charge in [-0.3, -0.25) is 4.79 Å². The largest absolute Gasteiger partial charge is 0.480 e. The monoisotopic (exact) mass is 333 g/mol. The number of thiophene rings is 1. The smallest absolute Gasteiger partial charge is 0.261 e. The Morgan fingerprint density at radius 3 is 2.74 bits per heavy atom. The fourth-order valence-electron chi connectivity index (χ4n) is 2.21. The fraction of sp³-hybridized carbons (Fsp3) is 0.389. The van der Waals surface area contributed by atoms with Gasteiger partial charge in [-0.2, -0.15) is 11.3 Å². The second kappa shape index (κ2) is 7.62. The number of ether oxygens (including phenoxy) is 1. The Kier molecular flexibility index (Phi) is 5.80. The van der Waals surface area contributed by atoms with Crippen molar-refractivity contribution in [3.8, 4) is 5.75 Å². The summed E-state index contributed by atoms with van der Waals surface area (Å²) >= 11 is 1.52. The molecule has 1 aromatic heterocycles. The van der Waals surface area contributed by atoms with E-state index >= 15 is 0 Å². The van der Waals surface area contributed by atoms with E-state index in [1.54, 1.807) is 6.92 Å². The standard InChI is InChI=1S/C18H23NO3S/c1-4-15(22-16-8-6-5-7-13(16)2)17(20)19-12-18(3,21)14-9-10-23-11-14/h5-11,15,21H,4,12H2,1-3H3,(H,19,20). The SMILES string of the molecule is CCC(Oc1ccccc1C)C(=O)NCC(C)(O)c1ccsc1. The van der Waals surface area contributed by atoms with Gasteiger partial charge in [0.2, 0.25) is 0 Å². The van der Waals surface area contributed by atoms with Crippen molar-refractivity contribution in [3.63, 3.8) is 0 Å². The number of carbonyl (C=O) groups excluding carboxylic acids is 1. The number of hydrogen-bond donors (Lipinski definition) is 2. The van der Waals surface area contributed by atoms with E-state index in [1.165, 1.54) is 11.3 Å². The number of rotatable bonds is 7. The molecule has 0 aliphatic heterocycles. The maximum atomic E-state index is 12.4. The highest BCUT2D eigenvalue weighted by Gasteiger charge is 2.26. The molecule has 2 aromatic rings. The predicted molar refractivity (Wildman–Crippen MR) is 92.8 cm³/mol. The second-order valence-electron chi connectivity index (χ2n) is 5.78. The lowest BCUT2D eigenvalue weighted by molar-refractivity contribution is -0.129. The summed E-state index contributed by atoms with van der Waals surface area (Å²) in [6, 6.07) is 9.47. The zero-order valence-corrected chi connectivity index (χ0v) is 14.5. The molecule has 124 valence electrons. The Morgan fingerprint density at radius 2 is 2.13 bits per heavy atom. The van der Waals surface area contributed by atoms with Crippen LogP contribution < -0.4 is 10.1 Å². The highest BCUT2D eigenvalue weighted by Crippen LogP contribution is 2.22. The van der Waals surface area contributed by atoms with E-state index < -0.39 is 11.7 Å². The van der Waals surface area contributed by atoms with Crippen LogP contribution in [0.2, 0.25) is 0 Å². The minimum absolute atomic E-state index is 0.149. The Labute approximate surface area is 141 Å². The molecule has 0 aliphatic carbocycles. The maximum absolute atomic E-state index is 12.4. The van der Waals surface area contributed by atoms with Crippen LogP contribution in [0.1, 0.15) is 31.4 Å². The molecule has 5 heteroatoms. The van der Waals surface area contributed by atoms with Crippen LogP contribution in [0.3, 0.4) is 0 Å². The quantitative estimate of drug-likeness (QED) is 0.818. The summed E-state index contributed by atoms with van der Waals surface area (Å²) in [5.41, 5.74) is 0.705. The van der Waals surface area contributed by atoms with Crippen molar-refractivity contribution in [2.75, 3.05) is 6.54 Å². The zero-order chi connectivity index (χ0) is 16.9. The van der Waals surface area contributed by atoms with Crippen molar-refractivity contribution in [1.29, 1.82) is 0 Å². The van der Waals surface area contributed by atoms with Gasteiger partial charge in [-0.15, -0.1) is 0 Å². The van der Waals surface area contributed by atoms with Gasteiger partial charge in [0.1, 0.15) is 11.4 Å². The molecule has 0 bridgehead atoms. The van der Waals surface area contributed by atoms with E-state index in [0.29, 0.717) is 12.2 Å². The molecule has 0 radical (unpaired) electrons. The van der Waals surface area contributed by atoms with Crippen LogP contribution in [0.25, 0.3) is 0 Å². The summed E-state index contributed by atoms with van der Waals surface area (Å²) in [6.45, 7) is 5.69. The molecule has 2 N–H and O–H groups in total. The fourth-order valence-corrected chi connectivity index (χ4v) is 2.99. The van der Waals surface area contributed by atoms with Crippen LogP contribution in [-0.4, -0.2) is 23.7 Å². The number of benzene rings is 1. The van der Waals surface area contributed by atoms with Crippen LogP contribution in [-0.2, 0) is 10.4 Å². The summed E-state index contributed by atoms with van der Waals surface area (Å²) in [7, 11) is 0. The van der Waals surface area contributed by atoms with Crippen LogP contribution >= 0.6 is 11.3 Å². The molecular formula is C18H23NO3S. The lowest BCUT2D eigenvalue weighted by Crippen LogP contribution is -2.44. The van der Waals surface area contributed by atoms with Crippen molar-refractivity contribution in [2.24, 2.45) is 0 Å². The topological polar surface area (TPSA) is 58.6 Å². The zero-order valence-electron chi connectivity index (χ0n) is 13.7. The van der Waals surface area contributed by atoms with Gasteiger partial charge in [-0.25, -0.2) is 0 Å². The molecule has 0 aliphatic rings. The number of para-hydroxylation sites is 1. The first-order valence-electron chi connectivity index (χ1n) is 7.69. The Morgan fingerprint density at radius 1 is 1.39 bits per heavy atom. The molecule has 2 rings (SSSR count). The first kappa shape index (κ1) is 17.5. The van der Waals surface area contributed by atoms with E-state index in [9.17, 15) is 9.90 Å². The number of hydrogen-bond acceptors (Lipinski definition) is 4. The molecule has 0 fully saturated rings. The summed E-state index contributed by atoms with van der Waals surface area (Å²) in [6.07, 6.45) is -0.0183. The molecule has 0 saturated carbocycles.